The van der Waals surface area contributed by atoms with Gasteiger partial charge in [-0.1, -0.05) is 30.3 Å². The van der Waals surface area contributed by atoms with E-state index in [0.717, 1.165) is 69.0 Å². The van der Waals surface area contributed by atoms with Gasteiger partial charge in [0, 0.05) is 50.6 Å². The first-order valence-corrected chi connectivity index (χ1v) is 11.8. The van der Waals surface area contributed by atoms with Crippen molar-refractivity contribution in [3.8, 4) is 0 Å². The van der Waals surface area contributed by atoms with E-state index in [-0.39, 0.29) is 6.10 Å². The number of nitrogens with zero attached hydrogens (tertiary/aromatic N) is 4. The lowest BCUT2D eigenvalue weighted by molar-refractivity contribution is -0.0502. The Morgan fingerprint density at radius 1 is 1.27 bits per heavy atom. The van der Waals surface area contributed by atoms with Gasteiger partial charge in [0.15, 0.2) is 5.96 Å². The Morgan fingerprint density at radius 3 is 2.83 bits per heavy atom. The number of likely N-dealkylation sites (tertiary alicyclic amines) is 1. The summed E-state index contributed by atoms with van der Waals surface area (Å²) in [4.78, 5) is 15.8. The van der Waals surface area contributed by atoms with Crippen molar-refractivity contribution in [1.29, 1.82) is 0 Å². The molecule has 2 aromatic rings. The summed E-state index contributed by atoms with van der Waals surface area (Å²) >= 11 is 1.79. The van der Waals surface area contributed by atoms with Crippen LogP contribution in [0.15, 0.2) is 35.3 Å². The maximum atomic E-state index is 6.15. The first kappa shape index (κ1) is 21.3. The third-order valence-electron chi connectivity index (χ3n) is 5.88. The minimum atomic E-state index is 0.248. The lowest BCUT2D eigenvalue weighted by Crippen LogP contribution is -2.50. The molecule has 2 unspecified atom stereocenters. The molecule has 1 aromatic carbocycles. The van der Waals surface area contributed by atoms with Crippen LogP contribution in [0.25, 0.3) is 0 Å². The molecule has 2 saturated heterocycles. The van der Waals surface area contributed by atoms with E-state index in [1.807, 2.05) is 0 Å². The number of aryl methyl sites for hydroxylation is 2. The zero-order valence-corrected chi connectivity index (χ0v) is 19.1. The largest absolute Gasteiger partial charge is 0.373 e. The van der Waals surface area contributed by atoms with Crippen LogP contribution < -0.4 is 5.32 Å². The zero-order valence-electron chi connectivity index (χ0n) is 18.3. The summed E-state index contributed by atoms with van der Waals surface area (Å²) < 4.78 is 6.15. The van der Waals surface area contributed by atoms with Crippen LogP contribution in [0.2, 0.25) is 0 Å². The molecule has 1 aromatic heterocycles. The smallest absolute Gasteiger partial charge is 0.194 e. The van der Waals surface area contributed by atoms with Crippen molar-refractivity contribution in [3.05, 3.63) is 51.5 Å². The third kappa shape index (κ3) is 5.02. The number of nitrogens with one attached hydrogen (secondary N) is 1. The molecule has 0 spiro atoms. The molecule has 0 aliphatic carbocycles. The highest BCUT2D eigenvalue weighted by atomic mass is 32.1. The van der Waals surface area contributed by atoms with E-state index in [2.05, 4.69) is 71.2 Å². The summed E-state index contributed by atoms with van der Waals surface area (Å²) in [5.74, 6) is 1.01. The van der Waals surface area contributed by atoms with Gasteiger partial charge in [0.05, 0.1) is 29.5 Å². The maximum Gasteiger partial charge on any atom is 0.194 e. The Kier molecular flexibility index (Phi) is 7.02. The third-order valence-corrected chi connectivity index (χ3v) is 7.01. The number of morpholine rings is 1. The highest BCUT2D eigenvalue weighted by Crippen LogP contribution is 2.25. The van der Waals surface area contributed by atoms with Crippen LogP contribution in [0, 0.1) is 13.8 Å². The van der Waals surface area contributed by atoms with Crippen LogP contribution in [0.5, 0.6) is 0 Å². The van der Waals surface area contributed by atoms with Crippen LogP contribution in [0.4, 0.5) is 0 Å². The van der Waals surface area contributed by atoms with Crippen LogP contribution in [-0.2, 0) is 17.7 Å². The van der Waals surface area contributed by atoms with E-state index in [1.165, 1.54) is 10.4 Å². The van der Waals surface area contributed by atoms with Crippen molar-refractivity contribution in [2.75, 3.05) is 39.3 Å². The van der Waals surface area contributed by atoms with E-state index >= 15 is 0 Å². The number of guanidine groups is 1. The average Bonchev–Trinajstić information content (AvgIpc) is 3.31. The number of hydrogen-bond acceptors (Lipinski definition) is 5. The van der Waals surface area contributed by atoms with E-state index < -0.39 is 0 Å². The SMILES string of the molecule is CCNC(=NCCc1sc(C)nc1C)N1CC2OCCN(Cc3ccccc3)C2C1. The van der Waals surface area contributed by atoms with Gasteiger partial charge in [-0.2, -0.15) is 0 Å². The Hall–Kier alpha value is -1.96. The van der Waals surface area contributed by atoms with Crippen LogP contribution >= 0.6 is 11.3 Å². The second kappa shape index (κ2) is 9.90. The number of benzene rings is 1. The monoisotopic (exact) mass is 427 g/mol. The van der Waals surface area contributed by atoms with Gasteiger partial charge in [-0.3, -0.25) is 9.89 Å². The fourth-order valence-corrected chi connectivity index (χ4v) is 5.37. The van der Waals surface area contributed by atoms with Crippen molar-refractivity contribution in [3.63, 3.8) is 0 Å². The minimum absolute atomic E-state index is 0.248. The average molecular weight is 428 g/mol. The number of rotatable bonds is 6. The summed E-state index contributed by atoms with van der Waals surface area (Å²) in [6.07, 6.45) is 1.20. The molecule has 2 fully saturated rings. The molecule has 4 rings (SSSR count). The Morgan fingerprint density at radius 2 is 2.10 bits per heavy atom. The molecule has 0 amide bonds. The van der Waals surface area contributed by atoms with Gasteiger partial charge in [0.25, 0.3) is 0 Å². The highest BCUT2D eigenvalue weighted by molar-refractivity contribution is 7.11. The number of hydrogen-bond donors (Lipinski definition) is 1. The predicted molar refractivity (Wildman–Crippen MR) is 123 cm³/mol. The molecule has 162 valence electrons. The first-order valence-electron chi connectivity index (χ1n) is 11.0. The van der Waals surface area contributed by atoms with Crippen molar-refractivity contribution in [2.24, 2.45) is 4.99 Å². The van der Waals surface area contributed by atoms with Crippen molar-refractivity contribution >= 4 is 17.3 Å². The highest BCUT2D eigenvalue weighted by Gasteiger charge is 2.41. The van der Waals surface area contributed by atoms with Crippen molar-refractivity contribution in [1.82, 2.24) is 20.1 Å². The lowest BCUT2D eigenvalue weighted by Gasteiger charge is -2.36. The van der Waals surface area contributed by atoms with Gasteiger partial charge >= 0.3 is 0 Å². The molecule has 2 atom stereocenters. The second-order valence-electron chi connectivity index (χ2n) is 8.06. The van der Waals surface area contributed by atoms with Crippen LogP contribution in [0.1, 0.15) is 28.1 Å². The van der Waals surface area contributed by atoms with Crippen LogP contribution in [0.3, 0.4) is 0 Å². The summed E-state index contributed by atoms with van der Waals surface area (Å²) in [5.41, 5.74) is 2.52. The van der Waals surface area contributed by atoms with Gasteiger partial charge in [-0.15, -0.1) is 11.3 Å². The molecule has 1 N–H and O–H groups in total. The van der Waals surface area contributed by atoms with E-state index in [9.17, 15) is 0 Å². The van der Waals surface area contributed by atoms with Crippen molar-refractivity contribution < 1.29 is 4.74 Å². The summed E-state index contributed by atoms with van der Waals surface area (Å²) in [6.45, 7) is 12.6. The van der Waals surface area contributed by atoms with E-state index in [4.69, 9.17) is 9.73 Å². The minimum Gasteiger partial charge on any atom is -0.373 e. The number of aromatic nitrogens is 1. The summed E-state index contributed by atoms with van der Waals surface area (Å²) in [5, 5.41) is 4.63. The van der Waals surface area contributed by atoms with E-state index in [1.54, 1.807) is 11.3 Å². The molecule has 2 aliphatic heterocycles. The molecular weight excluding hydrogens is 394 g/mol. The standard InChI is InChI=1S/C23H33N5OS/c1-4-24-23(25-11-10-22-17(2)26-18(3)30-22)28-15-20-21(16-28)29-13-12-27(20)14-19-8-6-5-7-9-19/h5-9,20-21H,4,10-16H2,1-3H3,(H,24,25). The topological polar surface area (TPSA) is 53.0 Å². The van der Waals surface area contributed by atoms with Crippen LogP contribution in [-0.4, -0.2) is 72.2 Å². The van der Waals surface area contributed by atoms with Gasteiger partial charge in [-0.05, 0) is 26.3 Å². The summed E-state index contributed by atoms with van der Waals surface area (Å²) in [7, 11) is 0. The van der Waals surface area contributed by atoms with E-state index in [0.29, 0.717) is 6.04 Å². The normalized spacial score (nSPS) is 22.4. The Labute approximate surface area is 184 Å². The molecule has 7 heteroatoms. The molecule has 0 radical (unpaired) electrons. The number of fused-ring (bicyclic) bond motifs is 1. The first-order chi connectivity index (χ1) is 14.6. The number of thiazole rings is 1. The van der Waals surface area contributed by atoms with Gasteiger partial charge in [0.1, 0.15) is 0 Å². The van der Waals surface area contributed by atoms with Crippen molar-refractivity contribution in [2.45, 2.75) is 45.9 Å². The van der Waals surface area contributed by atoms with Gasteiger partial charge in [0.2, 0.25) is 0 Å². The maximum absolute atomic E-state index is 6.15. The fourth-order valence-electron chi connectivity index (χ4n) is 4.44. The summed E-state index contributed by atoms with van der Waals surface area (Å²) in [6, 6.07) is 11.2. The molecule has 6 nitrogen and oxygen atoms in total. The second-order valence-corrected chi connectivity index (χ2v) is 9.35. The fraction of sp³-hybridized carbons (Fsp3) is 0.565. The number of ether oxygens (including phenoxy) is 1. The Bertz CT molecular complexity index is 853. The van der Waals surface area contributed by atoms with Gasteiger partial charge < -0.3 is 15.0 Å². The zero-order chi connectivity index (χ0) is 20.9. The molecular formula is C23H33N5OS. The lowest BCUT2D eigenvalue weighted by atomic mass is 10.1. The molecule has 0 saturated carbocycles. The molecule has 30 heavy (non-hydrogen) atoms. The molecule has 2 aliphatic rings. The predicted octanol–water partition coefficient (Wildman–Crippen LogP) is 2.85. The quantitative estimate of drug-likeness (QED) is 0.568. The molecule has 0 bridgehead atoms. The molecule has 3 heterocycles. The number of aliphatic imine (C=N–C) groups is 1. The van der Waals surface area contributed by atoms with Gasteiger partial charge in [-0.25, -0.2) is 4.98 Å². The Balaban J connectivity index is 1.41.